The van der Waals surface area contributed by atoms with Gasteiger partial charge in [-0.2, -0.15) is 0 Å². The van der Waals surface area contributed by atoms with Gasteiger partial charge in [-0.3, -0.25) is 9.59 Å². The molecule has 0 atom stereocenters. The number of nitrogens with one attached hydrogen (secondary N) is 1. The molecule has 23 heavy (non-hydrogen) atoms. The van der Waals surface area contributed by atoms with E-state index in [9.17, 15) is 9.59 Å². The topological polar surface area (TPSA) is 66.1 Å². The molecule has 3 rings (SSSR count). The summed E-state index contributed by atoms with van der Waals surface area (Å²) in [4.78, 5) is 35.7. The van der Waals surface area contributed by atoms with Crippen LogP contribution in [-0.4, -0.2) is 26.8 Å². The highest BCUT2D eigenvalue weighted by molar-refractivity contribution is 7.18. The van der Waals surface area contributed by atoms with Crippen molar-refractivity contribution in [2.75, 3.05) is 0 Å². The second-order valence-corrected chi connectivity index (χ2v) is 7.62. The summed E-state index contributed by atoms with van der Waals surface area (Å²) < 4.78 is 0. The molecule has 2 aromatic rings. The van der Waals surface area contributed by atoms with Gasteiger partial charge in [-0.1, -0.05) is 19.3 Å². The third kappa shape index (κ3) is 3.17. The normalized spacial score (nSPS) is 16.0. The summed E-state index contributed by atoms with van der Waals surface area (Å²) in [6, 6.07) is 0.272. The van der Waals surface area contributed by atoms with E-state index in [1.165, 1.54) is 19.3 Å². The molecule has 1 fully saturated rings. The average molecular weight is 333 g/mol. The van der Waals surface area contributed by atoms with Gasteiger partial charge in [0.25, 0.3) is 5.56 Å². The molecule has 1 aliphatic carbocycles. The maximum atomic E-state index is 12.4. The lowest BCUT2D eigenvalue weighted by Gasteiger charge is -2.33. The van der Waals surface area contributed by atoms with Crippen LogP contribution in [0, 0.1) is 13.8 Å². The molecule has 0 bridgehead atoms. The first-order chi connectivity index (χ1) is 11.0. The summed E-state index contributed by atoms with van der Waals surface area (Å²) in [6.07, 6.45) is 5.67. The maximum Gasteiger partial charge on any atom is 0.259 e. The van der Waals surface area contributed by atoms with Crippen LogP contribution in [0.2, 0.25) is 0 Å². The van der Waals surface area contributed by atoms with Crippen LogP contribution in [0.4, 0.5) is 0 Å². The Kier molecular flexibility index (Phi) is 4.53. The smallest absolute Gasteiger partial charge is 0.259 e. The number of hydrogen-bond acceptors (Lipinski definition) is 4. The molecule has 0 aromatic carbocycles. The number of nitrogens with zero attached hydrogens (tertiary/aromatic N) is 2. The molecule has 5 nitrogen and oxygen atoms in total. The second-order valence-electron chi connectivity index (χ2n) is 6.41. The number of H-pyrrole nitrogens is 1. The van der Waals surface area contributed by atoms with Crippen molar-refractivity contribution in [3.05, 3.63) is 26.6 Å². The average Bonchev–Trinajstić information content (AvgIpc) is 2.80. The van der Waals surface area contributed by atoms with Gasteiger partial charge < -0.3 is 9.88 Å². The van der Waals surface area contributed by atoms with Gasteiger partial charge >= 0.3 is 0 Å². The Morgan fingerprint density at radius 1 is 1.30 bits per heavy atom. The number of hydrogen-bond donors (Lipinski definition) is 1. The lowest BCUT2D eigenvalue weighted by molar-refractivity contribution is -0.132. The number of aromatic amines is 1. The van der Waals surface area contributed by atoms with E-state index in [-0.39, 0.29) is 17.5 Å². The Morgan fingerprint density at radius 2 is 2.00 bits per heavy atom. The van der Waals surface area contributed by atoms with Crippen LogP contribution in [0.3, 0.4) is 0 Å². The predicted molar refractivity (Wildman–Crippen MR) is 92.8 cm³/mol. The standard InChI is InChI=1S/C17H23N3O2S/c1-10-11(2)23-17-15(10)16(22)18-14(19-17)9-20(12(3)21)13-7-5-4-6-8-13/h13H,4-9H2,1-3H3,(H,18,19,22). The molecule has 1 saturated carbocycles. The van der Waals surface area contributed by atoms with E-state index in [1.807, 2.05) is 18.7 Å². The molecule has 2 heterocycles. The van der Waals surface area contributed by atoms with Gasteiger partial charge in [0.1, 0.15) is 10.7 Å². The van der Waals surface area contributed by atoms with Crippen molar-refractivity contribution >= 4 is 27.5 Å². The van der Waals surface area contributed by atoms with E-state index < -0.39 is 0 Å². The maximum absolute atomic E-state index is 12.4. The Balaban J connectivity index is 1.92. The summed E-state index contributed by atoms with van der Waals surface area (Å²) in [5.41, 5.74) is 0.903. The van der Waals surface area contributed by atoms with Crippen molar-refractivity contribution in [3.8, 4) is 0 Å². The number of aromatic nitrogens is 2. The van der Waals surface area contributed by atoms with E-state index in [1.54, 1.807) is 18.3 Å². The van der Waals surface area contributed by atoms with Gasteiger partial charge in [0.15, 0.2) is 0 Å². The van der Waals surface area contributed by atoms with Crippen molar-refractivity contribution < 1.29 is 4.79 Å². The molecule has 2 aromatic heterocycles. The van der Waals surface area contributed by atoms with E-state index in [2.05, 4.69) is 9.97 Å². The fraction of sp³-hybridized carbons (Fsp3) is 0.588. The molecule has 1 N–H and O–H groups in total. The Morgan fingerprint density at radius 3 is 2.65 bits per heavy atom. The minimum absolute atomic E-state index is 0.0539. The SMILES string of the molecule is CC(=O)N(Cc1nc2sc(C)c(C)c2c(=O)[nH]1)C1CCCCC1. The van der Waals surface area contributed by atoms with E-state index >= 15 is 0 Å². The van der Waals surface area contributed by atoms with Crippen LogP contribution in [0.5, 0.6) is 0 Å². The highest BCUT2D eigenvalue weighted by Crippen LogP contribution is 2.27. The van der Waals surface area contributed by atoms with Gasteiger partial charge in [-0.15, -0.1) is 11.3 Å². The molecule has 6 heteroatoms. The summed E-state index contributed by atoms with van der Waals surface area (Å²) in [5.74, 6) is 0.641. The Bertz CT molecular complexity index is 787. The third-order valence-electron chi connectivity index (χ3n) is 4.83. The Labute approximate surface area is 139 Å². The van der Waals surface area contributed by atoms with Crippen molar-refractivity contribution in [3.63, 3.8) is 0 Å². The van der Waals surface area contributed by atoms with Crippen LogP contribution in [0.15, 0.2) is 4.79 Å². The molecule has 0 aliphatic heterocycles. The molecule has 0 radical (unpaired) electrons. The van der Waals surface area contributed by atoms with E-state index in [0.29, 0.717) is 17.8 Å². The molecular weight excluding hydrogens is 310 g/mol. The van der Waals surface area contributed by atoms with Gasteiger partial charge in [0, 0.05) is 17.8 Å². The summed E-state index contributed by atoms with van der Waals surface area (Å²) in [6.45, 7) is 5.95. The van der Waals surface area contributed by atoms with Gasteiger partial charge in [0.2, 0.25) is 5.91 Å². The van der Waals surface area contributed by atoms with Crippen molar-refractivity contribution in [1.82, 2.24) is 14.9 Å². The first-order valence-corrected chi connectivity index (χ1v) is 9.05. The largest absolute Gasteiger partial charge is 0.332 e. The lowest BCUT2D eigenvalue weighted by atomic mass is 9.94. The van der Waals surface area contributed by atoms with Crippen LogP contribution >= 0.6 is 11.3 Å². The molecule has 1 aliphatic rings. The van der Waals surface area contributed by atoms with Crippen LogP contribution in [0.25, 0.3) is 10.2 Å². The zero-order valence-corrected chi connectivity index (χ0v) is 14.8. The fourth-order valence-electron chi connectivity index (χ4n) is 3.43. The number of carbonyl (C=O) groups is 1. The van der Waals surface area contributed by atoms with Gasteiger partial charge in [-0.25, -0.2) is 4.98 Å². The molecule has 0 unspecified atom stereocenters. The summed E-state index contributed by atoms with van der Waals surface area (Å²) in [5, 5.41) is 0.684. The van der Waals surface area contributed by atoms with Gasteiger partial charge in [-0.05, 0) is 32.3 Å². The zero-order chi connectivity index (χ0) is 16.6. The van der Waals surface area contributed by atoms with Crippen LogP contribution < -0.4 is 5.56 Å². The number of aryl methyl sites for hydroxylation is 2. The van der Waals surface area contributed by atoms with Crippen LogP contribution in [-0.2, 0) is 11.3 Å². The minimum atomic E-state index is -0.0982. The third-order valence-corrected chi connectivity index (χ3v) is 5.93. The fourth-order valence-corrected chi connectivity index (χ4v) is 4.47. The summed E-state index contributed by atoms with van der Waals surface area (Å²) in [7, 11) is 0. The lowest BCUT2D eigenvalue weighted by Crippen LogP contribution is -2.40. The number of rotatable bonds is 3. The number of thiophene rings is 1. The first kappa shape index (κ1) is 16.2. The van der Waals surface area contributed by atoms with Crippen molar-refractivity contribution in [1.29, 1.82) is 0 Å². The monoisotopic (exact) mass is 333 g/mol. The molecule has 1 amide bonds. The van der Waals surface area contributed by atoms with Crippen LogP contribution in [0.1, 0.15) is 55.3 Å². The van der Waals surface area contributed by atoms with E-state index in [4.69, 9.17) is 0 Å². The molecular formula is C17H23N3O2S. The van der Waals surface area contributed by atoms with Crippen molar-refractivity contribution in [2.45, 2.75) is 65.5 Å². The van der Waals surface area contributed by atoms with E-state index in [0.717, 1.165) is 28.1 Å². The van der Waals surface area contributed by atoms with Crippen molar-refractivity contribution in [2.24, 2.45) is 0 Å². The Hall–Kier alpha value is -1.69. The zero-order valence-electron chi connectivity index (χ0n) is 13.9. The number of fused-ring (bicyclic) bond motifs is 1. The summed E-state index contributed by atoms with van der Waals surface area (Å²) >= 11 is 1.54. The molecule has 0 saturated heterocycles. The highest BCUT2D eigenvalue weighted by atomic mass is 32.1. The quantitative estimate of drug-likeness (QED) is 0.937. The van der Waals surface area contributed by atoms with Gasteiger partial charge in [0.05, 0.1) is 11.9 Å². The molecule has 124 valence electrons. The highest BCUT2D eigenvalue weighted by Gasteiger charge is 2.24. The predicted octanol–water partition coefficient (Wildman–Crippen LogP) is 3.28. The number of amides is 1. The molecule has 0 spiro atoms. The first-order valence-electron chi connectivity index (χ1n) is 8.23. The second kappa shape index (κ2) is 6.43. The number of carbonyl (C=O) groups excluding carboxylic acids is 1. The minimum Gasteiger partial charge on any atom is -0.332 e.